The standard InChI is InChI=1S/C24H26N2O4S/c1-18-8-10-19(11-9-18)17-25(2)24(27)20-6-5-7-21(16-20)26(3)31(28,29)23-14-12-22(30-4)13-15-23/h5-16H,17H2,1-4H3. The maximum Gasteiger partial charge on any atom is 0.264 e. The van der Waals surface area contributed by atoms with E-state index in [4.69, 9.17) is 4.74 Å². The molecule has 0 atom stereocenters. The third-order valence-corrected chi connectivity index (χ3v) is 6.86. The Bertz CT molecular complexity index is 1160. The molecule has 162 valence electrons. The minimum atomic E-state index is -3.78. The number of anilines is 1. The van der Waals surface area contributed by atoms with Gasteiger partial charge in [-0.05, 0) is 55.0 Å². The van der Waals surface area contributed by atoms with Gasteiger partial charge in [-0.1, -0.05) is 35.9 Å². The van der Waals surface area contributed by atoms with Crippen LogP contribution in [0, 0.1) is 6.92 Å². The Hall–Kier alpha value is -3.32. The Morgan fingerprint density at radius 3 is 2.19 bits per heavy atom. The Morgan fingerprint density at radius 1 is 0.935 bits per heavy atom. The first-order chi connectivity index (χ1) is 14.7. The molecule has 7 heteroatoms. The fourth-order valence-electron chi connectivity index (χ4n) is 3.14. The highest BCUT2D eigenvalue weighted by Crippen LogP contribution is 2.25. The predicted molar refractivity (Wildman–Crippen MR) is 122 cm³/mol. The molecule has 0 N–H and O–H groups in total. The predicted octanol–water partition coefficient (Wildman–Crippen LogP) is 4.10. The van der Waals surface area contributed by atoms with Crippen LogP contribution in [0.1, 0.15) is 21.5 Å². The zero-order chi connectivity index (χ0) is 22.6. The van der Waals surface area contributed by atoms with Gasteiger partial charge in [-0.2, -0.15) is 0 Å². The number of amides is 1. The van der Waals surface area contributed by atoms with Gasteiger partial charge in [-0.3, -0.25) is 9.10 Å². The normalized spacial score (nSPS) is 11.1. The molecule has 0 spiro atoms. The van der Waals surface area contributed by atoms with Crippen LogP contribution in [0.15, 0.2) is 77.7 Å². The van der Waals surface area contributed by atoms with E-state index < -0.39 is 10.0 Å². The van der Waals surface area contributed by atoms with Crippen molar-refractivity contribution in [2.75, 3.05) is 25.5 Å². The van der Waals surface area contributed by atoms with Crippen molar-refractivity contribution in [2.24, 2.45) is 0 Å². The van der Waals surface area contributed by atoms with Crippen LogP contribution < -0.4 is 9.04 Å². The third kappa shape index (κ3) is 5.06. The van der Waals surface area contributed by atoms with E-state index in [2.05, 4.69) is 0 Å². The van der Waals surface area contributed by atoms with E-state index in [-0.39, 0.29) is 10.8 Å². The molecule has 0 radical (unpaired) electrons. The molecule has 0 saturated heterocycles. The first-order valence-electron chi connectivity index (χ1n) is 9.76. The summed E-state index contributed by atoms with van der Waals surface area (Å²) in [7, 11) is 0.943. The number of aryl methyl sites for hydroxylation is 1. The number of carbonyl (C=O) groups excluding carboxylic acids is 1. The van der Waals surface area contributed by atoms with Gasteiger partial charge in [0.25, 0.3) is 15.9 Å². The Balaban J connectivity index is 1.80. The van der Waals surface area contributed by atoms with Gasteiger partial charge in [0.1, 0.15) is 5.75 Å². The van der Waals surface area contributed by atoms with Crippen LogP contribution in [0.25, 0.3) is 0 Å². The molecule has 1 amide bonds. The molecule has 0 unspecified atom stereocenters. The van der Waals surface area contributed by atoms with E-state index in [1.165, 1.54) is 30.6 Å². The lowest BCUT2D eigenvalue weighted by Gasteiger charge is -2.22. The summed E-state index contributed by atoms with van der Waals surface area (Å²) in [5, 5.41) is 0. The van der Waals surface area contributed by atoms with E-state index >= 15 is 0 Å². The number of rotatable bonds is 7. The molecule has 0 aromatic heterocycles. The largest absolute Gasteiger partial charge is 0.497 e. The first-order valence-corrected chi connectivity index (χ1v) is 11.2. The third-order valence-electron chi connectivity index (χ3n) is 5.06. The fraction of sp³-hybridized carbons (Fsp3) is 0.208. The number of nitrogens with zero attached hydrogens (tertiary/aromatic N) is 2. The number of carbonyl (C=O) groups is 1. The lowest BCUT2D eigenvalue weighted by atomic mass is 10.1. The highest BCUT2D eigenvalue weighted by molar-refractivity contribution is 7.92. The van der Waals surface area contributed by atoms with E-state index in [1.54, 1.807) is 48.3 Å². The van der Waals surface area contributed by atoms with Crippen molar-refractivity contribution in [1.29, 1.82) is 0 Å². The number of sulfonamides is 1. The number of methoxy groups -OCH3 is 1. The van der Waals surface area contributed by atoms with Gasteiger partial charge in [-0.25, -0.2) is 8.42 Å². The van der Waals surface area contributed by atoms with Crippen LogP contribution in [0.3, 0.4) is 0 Å². The fourth-order valence-corrected chi connectivity index (χ4v) is 4.33. The minimum absolute atomic E-state index is 0.143. The van der Waals surface area contributed by atoms with Crippen LogP contribution in [0.5, 0.6) is 5.75 Å². The number of benzene rings is 3. The molecular formula is C24H26N2O4S. The molecule has 6 nitrogen and oxygen atoms in total. The minimum Gasteiger partial charge on any atom is -0.497 e. The smallest absolute Gasteiger partial charge is 0.264 e. The van der Waals surface area contributed by atoms with Crippen LogP contribution in [0.4, 0.5) is 5.69 Å². The Labute approximate surface area is 183 Å². The van der Waals surface area contributed by atoms with Gasteiger partial charge in [0.05, 0.1) is 17.7 Å². The summed E-state index contributed by atoms with van der Waals surface area (Å²) in [5.74, 6) is 0.392. The first kappa shape index (κ1) is 22.4. The van der Waals surface area contributed by atoms with Crippen molar-refractivity contribution in [3.05, 3.63) is 89.5 Å². The molecule has 0 aliphatic carbocycles. The summed E-state index contributed by atoms with van der Waals surface area (Å²) >= 11 is 0. The molecule has 3 aromatic carbocycles. The second-order valence-electron chi connectivity index (χ2n) is 7.35. The Kier molecular flexibility index (Phi) is 6.65. The van der Waals surface area contributed by atoms with E-state index in [9.17, 15) is 13.2 Å². The zero-order valence-electron chi connectivity index (χ0n) is 18.1. The summed E-state index contributed by atoms with van der Waals surface area (Å²) in [6, 6.07) is 20.8. The van der Waals surface area contributed by atoms with Gasteiger partial charge >= 0.3 is 0 Å². The summed E-state index contributed by atoms with van der Waals surface area (Å²) in [4.78, 5) is 14.7. The lowest BCUT2D eigenvalue weighted by molar-refractivity contribution is 0.0785. The number of hydrogen-bond acceptors (Lipinski definition) is 4. The number of ether oxygens (including phenoxy) is 1. The summed E-state index contributed by atoms with van der Waals surface area (Å²) in [5.41, 5.74) is 3.01. The molecule has 0 saturated carbocycles. The van der Waals surface area contributed by atoms with E-state index in [0.29, 0.717) is 23.5 Å². The summed E-state index contributed by atoms with van der Waals surface area (Å²) in [6.07, 6.45) is 0. The van der Waals surface area contributed by atoms with Crippen molar-refractivity contribution in [1.82, 2.24) is 4.90 Å². The second kappa shape index (κ2) is 9.22. The van der Waals surface area contributed by atoms with Gasteiger partial charge in [-0.15, -0.1) is 0 Å². The molecule has 0 aliphatic rings. The average molecular weight is 439 g/mol. The monoisotopic (exact) mass is 438 g/mol. The van der Waals surface area contributed by atoms with Gasteiger partial charge < -0.3 is 9.64 Å². The average Bonchev–Trinajstić information content (AvgIpc) is 2.79. The van der Waals surface area contributed by atoms with Crippen molar-refractivity contribution in [3.8, 4) is 5.75 Å². The van der Waals surface area contributed by atoms with Crippen molar-refractivity contribution >= 4 is 21.6 Å². The van der Waals surface area contributed by atoms with Crippen LogP contribution >= 0.6 is 0 Å². The van der Waals surface area contributed by atoms with E-state index in [0.717, 1.165) is 11.1 Å². The molecule has 31 heavy (non-hydrogen) atoms. The van der Waals surface area contributed by atoms with Crippen LogP contribution in [-0.2, 0) is 16.6 Å². The van der Waals surface area contributed by atoms with Crippen LogP contribution in [-0.4, -0.2) is 40.4 Å². The van der Waals surface area contributed by atoms with Crippen molar-refractivity contribution < 1.29 is 17.9 Å². The van der Waals surface area contributed by atoms with Gasteiger partial charge in [0.2, 0.25) is 0 Å². The van der Waals surface area contributed by atoms with E-state index in [1.807, 2.05) is 31.2 Å². The van der Waals surface area contributed by atoms with Crippen LogP contribution in [0.2, 0.25) is 0 Å². The van der Waals surface area contributed by atoms with Gasteiger partial charge in [0, 0.05) is 26.2 Å². The molecule has 3 rings (SSSR count). The Morgan fingerprint density at radius 2 is 1.58 bits per heavy atom. The second-order valence-corrected chi connectivity index (χ2v) is 9.31. The maximum absolute atomic E-state index is 13.0. The maximum atomic E-state index is 13.0. The van der Waals surface area contributed by atoms with Crippen molar-refractivity contribution in [2.45, 2.75) is 18.4 Å². The zero-order valence-corrected chi connectivity index (χ0v) is 18.9. The number of hydrogen-bond donors (Lipinski definition) is 0. The quantitative estimate of drug-likeness (QED) is 0.557. The molecule has 0 bridgehead atoms. The topological polar surface area (TPSA) is 66.9 Å². The van der Waals surface area contributed by atoms with Gasteiger partial charge in [0.15, 0.2) is 0 Å². The molecular weight excluding hydrogens is 412 g/mol. The summed E-state index contributed by atoms with van der Waals surface area (Å²) < 4.78 is 32.3. The molecule has 0 aliphatic heterocycles. The lowest BCUT2D eigenvalue weighted by Crippen LogP contribution is -2.28. The summed E-state index contributed by atoms with van der Waals surface area (Å²) in [6.45, 7) is 2.48. The molecule has 3 aromatic rings. The molecule has 0 heterocycles. The highest BCUT2D eigenvalue weighted by atomic mass is 32.2. The highest BCUT2D eigenvalue weighted by Gasteiger charge is 2.22. The molecule has 0 fully saturated rings. The SMILES string of the molecule is COc1ccc(S(=O)(=O)N(C)c2cccc(C(=O)N(C)Cc3ccc(C)cc3)c2)cc1. The van der Waals surface area contributed by atoms with Crippen molar-refractivity contribution in [3.63, 3.8) is 0 Å².